The minimum absolute atomic E-state index is 0.276. The molecule has 124 valence electrons. The second-order valence-corrected chi connectivity index (χ2v) is 6.71. The van der Waals surface area contributed by atoms with E-state index >= 15 is 0 Å². The highest BCUT2D eigenvalue weighted by molar-refractivity contribution is 5.18. The van der Waals surface area contributed by atoms with Gasteiger partial charge in [-0.25, -0.2) is 0 Å². The van der Waals surface area contributed by atoms with Crippen LogP contribution in [0.2, 0.25) is 0 Å². The Labute approximate surface area is 133 Å². The van der Waals surface area contributed by atoms with E-state index in [2.05, 4.69) is 29.6 Å². The van der Waals surface area contributed by atoms with Crippen LogP contribution in [0.1, 0.15) is 64.7 Å². The van der Waals surface area contributed by atoms with Crippen LogP contribution in [0.4, 0.5) is 8.78 Å². The van der Waals surface area contributed by atoms with Crippen molar-refractivity contribution >= 4 is 0 Å². The van der Waals surface area contributed by atoms with Crippen molar-refractivity contribution in [3.63, 3.8) is 0 Å². The van der Waals surface area contributed by atoms with Gasteiger partial charge in [0.05, 0.1) is 6.10 Å². The Bertz CT molecular complexity index is 391. The van der Waals surface area contributed by atoms with E-state index in [1.54, 1.807) is 0 Å². The maximum atomic E-state index is 12.1. The van der Waals surface area contributed by atoms with E-state index in [0.717, 1.165) is 18.8 Å². The quantitative estimate of drug-likeness (QED) is 0.618. The lowest BCUT2D eigenvalue weighted by Gasteiger charge is -2.25. The highest BCUT2D eigenvalue weighted by Gasteiger charge is 2.22. The summed E-state index contributed by atoms with van der Waals surface area (Å²) in [5, 5.41) is 0. The molecule has 3 heteroatoms. The average Bonchev–Trinajstić information content (AvgIpc) is 2.53. The Balaban J connectivity index is 1.66. The largest absolute Gasteiger partial charge is 0.345 e. The zero-order valence-electron chi connectivity index (χ0n) is 13.6. The summed E-state index contributed by atoms with van der Waals surface area (Å²) in [4.78, 5) is 0. The van der Waals surface area contributed by atoms with E-state index < -0.39 is 6.61 Å². The molecular formula is C19H28F2O. The molecule has 0 atom stereocenters. The molecule has 0 saturated heterocycles. The molecule has 0 aromatic heterocycles. The van der Waals surface area contributed by atoms with Gasteiger partial charge in [-0.3, -0.25) is 0 Å². The van der Waals surface area contributed by atoms with Crippen molar-refractivity contribution in [1.82, 2.24) is 0 Å². The van der Waals surface area contributed by atoms with Gasteiger partial charge in [-0.2, -0.15) is 8.78 Å². The summed E-state index contributed by atoms with van der Waals surface area (Å²) >= 11 is 0. The predicted molar refractivity (Wildman–Crippen MR) is 85.5 cm³/mol. The van der Waals surface area contributed by atoms with Crippen LogP contribution in [0.5, 0.6) is 0 Å². The van der Waals surface area contributed by atoms with Crippen LogP contribution in [-0.4, -0.2) is 12.7 Å². The van der Waals surface area contributed by atoms with Gasteiger partial charge in [0, 0.05) is 5.92 Å². The molecule has 0 N–H and O–H groups in total. The van der Waals surface area contributed by atoms with Gasteiger partial charge in [0.1, 0.15) is 0 Å². The van der Waals surface area contributed by atoms with Crippen molar-refractivity contribution in [3.8, 4) is 11.8 Å². The van der Waals surface area contributed by atoms with E-state index in [9.17, 15) is 8.78 Å². The molecule has 0 unspecified atom stereocenters. The van der Waals surface area contributed by atoms with Crippen molar-refractivity contribution in [3.05, 3.63) is 12.2 Å². The fraction of sp³-hybridized carbons (Fsp3) is 0.789. The van der Waals surface area contributed by atoms with Crippen LogP contribution >= 0.6 is 0 Å². The predicted octanol–water partition coefficient (Wildman–Crippen LogP) is 5.56. The van der Waals surface area contributed by atoms with E-state index in [-0.39, 0.29) is 6.10 Å². The third-order valence-corrected chi connectivity index (χ3v) is 5.18. The smallest absolute Gasteiger partial charge is 0.320 e. The topological polar surface area (TPSA) is 9.23 Å². The van der Waals surface area contributed by atoms with Crippen molar-refractivity contribution in [2.24, 2.45) is 17.8 Å². The zero-order valence-corrected chi connectivity index (χ0v) is 13.6. The molecule has 2 saturated carbocycles. The Kier molecular flexibility index (Phi) is 7.39. The van der Waals surface area contributed by atoms with Crippen molar-refractivity contribution in [2.45, 2.75) is 77.4 Å². The van der Waals surface area contributed by atoms with E-state index in [0.29, 0.717) is 24.7 Å². The molecule has 2 aliphatic carbocycles. The van der Waals surface area contributed by atoms with Gasteiger partial charge in [-0.1, -0.05) is 31.3 Å². The molecular weight excluding hydrogens is 282 g/mol. The van der Waals surface area contributed by atoms with Crippen LogP contribution in [-0.2, 0) is 4.74 Å². The standard InChI is InChI=1S/C19H28F2O/c1-2-15-7-9-16(10-8-15)5-3-4-6-17-11-13-18(14-12-17)22-19(20)21/h3,5,15-19H,2,7-14H2,1H3/b5-3+. The lowest BCUT2D eigenvalue weighted by atomic mass is 9.81. The highest BCUT2D eigenvalue weighted by atomic mass is 19.3. The molecule has 1 nitrogen and oxygen atoms in total. The Morgan fingerprint density at radius 2 is 1.73 bits per heavy atom. The zero-order chi connectivity index (χ0) is 15.8. The first-order valence-corrected chi connectivity index (χ1v) is 8.78. The Hall–Kier alpha value is -0.880. The second-order valence-electron chi connectivity index (χ2n) is 6.71. The number of rotatable bonds is 4. The number of ether oxygens (including phenoxy) is 1. The summed E-state index contributed by atoms with van der Waals surface area (Å²) in [6.45, 7) is -0.355. The van der Waals surface area contributed by atoms with E-state index in [1.165, 1.54) is 32.1 Å². The van der Waals surface area contributed by atoms with Crippen LogP contribution in [0.25, 0.3) is 0 Å². The van der Waals surface area contributed by atoms with Crippen molar-refractivity contribution in [2.75, 3.05) is 0 Å². The van der Waals surface area contributed by atoms with Crippen LogP contribution in [0, 0.1) is 29.6 Å². The van der Waals surface area contributed by atoms with Gasteiger partial charge < -0.3 is 4.74 Å². The first-order valence-electron chi connectivity index (χ1n) is 8.78. The molecule has 0 radical (unpaired) electrons. The molecule has 2 fully saturated rings. The minimum Gasteiger partial charge on any atom is -0.320 e. The first-order chi connectivity index (χ1) is 10.7. The highest BCUT2D eigenvalue weighted by Crippen LogP contribution is 2.31. The van der Waals surface area contributed by atoms with Crippen LogP contribution in [0.3, 0.4) is 0 Å². The molecule has 0 spiro atoms. The van der Waals surface area contributed by atoms with Crippen LogP contribution in [0.15, 0.2) is 12.2 Å². The Morgan fingerprint density at radius 3 is 2.32 bits per heavy atom. The molecule has 0 aromatic rings. The summed E-state index contributed by atoms with van der Waals surface area (Å²) in [6.07, 6.45) is 13.8. The fourth-order valence-electron chi connectivity index (χ4n) is 3.63. The molecule has 0 aliphatic heterocycles. The molecule has 22 heavy (non-hydrogen) atoms. The number of alkyl halides is 2. The molecule has 2 rings (SSSR count). The first kappa shape index (κ1) is 17.5. The van der Waals surface area contributed by atoms with E-state index in [1.807, 2.05) is 6.08 Å². The van der Waals surface area contributed by atoms with Crippen molar-refractivity contribution < 1.29 is 13.5 Å². The van der Waals surface area contributed by atoms with Gasteiger partial charge in [0.25, 0.3) is 0 Å². The van der Waals surface area contributed by atoms with Gasteiger partial charge in [0.15, 0.2) is 0 Å². The summed E-state index contributed by atoms with van der Waals surface area (Å²) in [6, 6.07) is 0. The van der Waals surface area contributed by atoms with Gasteiger partial charge >= 0.3 is 6.61 Å². The van der Waals surface area contributed by atoms with Crippen molar-refractivity contribution in [1.29, 1.82) is 0 Å². The Morgan fingerprint density at radius 1 is 1.05 bits per heavy atom. The van der Waals surface area contributed by atoms with E-state index in [4.69, 9.17) is 0 Å². The summed E-state index contributed by atoms with van der Waals surface area (Å²) in [5.41, 5.74) is 0. The third-order valence-electron chi connectivity index (χ3n) is 5.18. The monoisotopic (exact) mass is 310 g/mol. The third kappa shape index (κ3) is 6.08. The fourth-order valence-corrected chi connectivity index (χ4v) is 3.63. The molecule has 0 aromatic carbocycles. The van der Waals surface area contributed by atoms with Gasteiger partial charge in [-0.15, -0.1) is 0 Å². The van der Waals surface area contributed by atoms with Gasteiger partial charge in [0.2, 0.25) is 0 Å². The SMILES string of the molecule is CCC1CCC(/C=C/C#CC2CCC(OC(F)F)CC2)CC1. The molecule has 0 amide bonds. The maximum absolute atomic E-state index is 12.1. The summed E-state index contributed by atoms with van der Waals surface area (Å²) < 4.78 is 28.8. The molecule has 0 bridgehead atoms. The molecule has 0 heterocycles. The lowest BCUT2D eigenvalue weighted by molar-refractivity contribution is -0.170. The van der Waals surface area contributed by atoms with Crippen LogP contribution < -0.4 is 0 Å². The second kappa shape index (κ2) is 9.30. The maximum Gasteiger partial charge on any atom is 0.345 e. The lowest BCUT2D eigenvalue weighted by Crippen LogP contribution is -2.23. The van der Waals surface area contributed by atoms with Gasteiger partial charge in [-0.05, 0) is 69.3 Å². The summed E-state index contributed by atoms with van der Waals surface area (Å²) in [5.74, 6) is 8.42. The number of hydrogen-bond donors (Lipinski definition) is 0. The summed E-state index contributed by atoms with van der Waals surface area (Å²) in [7, 11) is 0. The average molecular weight is 310 g/mol. The number of hydrogen-bond acceptors (Lipinski definition) is 1. The number of halogens is 2. The number of allylic oxidation sites excluding steroid dienone is 2. The molecule has 2 aliphatic rings. The normalized spacial score (nSPS) is 32.9. The minimum atomic E-state index is -2.64.